The van der Waals surface area contributed by atoms with Crippen LogP contribution in [0.25, 0.3) is 21.2 Å². The average Bonchev–Trinajstić information content (AvgIpc) is 3.29. The number of fused-ring (bicyclic) bond motifs is 1. The second-order valence-corrected chi connectivity index (χ2v) is 8.61. The summed E-state index contributed by atoms with van der Waals surface area (Å²) >= 11 is 1.53. The second kappa shape index (κ2) is 10.7. The van der Waals surface area contributed by atoms with Crippen molar-refractivity contribution in [2.24, 2.45) is 0 Å². The van der Waals surface area contributed by atoms with Crippen LogP contribution in [0.4, 0.5) is 35.2 Å². The molecule has 0 radical (unpaired) electrons. The standard InChI is InChI=1S/C26H22F3N5OS/c1-2-31-12-4-5-17-14-32-24(30)22-21(15-36-23(17)22)16-8-10-19(11-9-16)33-25(35)34-20-7-3-6-18(13-20)26(27,28)29/h3,6-11,13-15,31H,2,12H2,1H3,(H2,30,32)(H2,33,34,35). The molecule has 2 heterocycles. The van der Waals surface area contributed by atoms with Crippen molar-refractivity contribution in [3.63, 3.8) is 0 Å². The first-order valence-electron chi connectivity index (χ1n) is 11.0. The fraction of sp³-hybridized carbons (Fsp3) is 0.154. The van der Waals surface area contributed by atoms with Crippen LogP contribution in [0, 0.1) is 11.8 Å². The van der Waals surface area contributed by atoms with E-state index < -0.39 is 17.8 Å². The maximum atomic E-state index is 12.9. The lowest BCUT2D eigenvalue weighted by Gasteiger charge is -2.11. The zero-order valence-corrected chi connectivity index (χ0v) is 20.0. The van der Waals surface area contributed by atoms with Crippen LogP contribution in [-0.4, -0.2) is 24.1 Å². The average molecular weight is 510 g/mol. The van der Waals surface area contributed by atoms with E-state index in [-0.39, 0.29) is 5.69 Å². The Morgan fingerprint density at radius 1 is 1.11 bits per heavy atom. The molecule has 0 unspecified atom stereocenters. The molecule has 36 heavy (non-hydrogen) atoms. The smallest absolute Gasteiger partial charge is 0.383 e. The number of anilines is 3. The molecular weight excluding hydrogens is 487 g/mol. The summed E-state index contributed by atoms with van der Waals surface area (Å²) in [6, 6.07) is 10.8. The summed E-state index contributed by atoms with van der Waals surface area (Å²) in [4.78, 5) is 16.6. The van der Waals surface area contributed by atoms with Gasteiger partial charge >= 0.3 is 12.2 Å². The summed E-state index contributed by atoms with van der Waals surface area (Å²) in [5.41, 5.74) is 8.44. The molecule has 10 heteroatoms. The lowest BCUT2D eigenvalue weighted by molar-refractivity contribution is -0.137. The Hall–Kier alpha value is -4.07. The van der Waals surface area contributed by atoms with E-state index in [1.165, 1.54) is 23.5 Å². The number of hydrogen-bond acceptors (Lipinski definition) is 5. The Kier molecular flexibility index (Phi) is 7.43. The van der Waals surface area contributed by atoms with E-state index in [0.717, 1.165) is 45.5 Å². The molecule has 0 saturated heterocycles. The van der Waals surface area contributed by atoms with Gasteiger partial charge in [0.2, 0.25) is 0 Å². The number of hydrogen-bond donors (Lipinski definition) is 4. The van der Waals surface area contributed by atoms with Crippen LogP contribution in [0.1, 0.15) is 18.1 Å². The highest BCUT2D eigenvalue weighted by atomic mass is 32.1. The SMILES string of the molecule is CCNCC#Cc1cnc(N)c2c(-c3ccc(NC(=O)Nc4cccc(C(F)(F)F)c4)cc3)csc12. The number of nitrogen functional groups attached to an aromatic ring is 1. The normalized spacial score (nSPS) is 11.1. The number of pyridine rings is 1. The minimum atomic E-state index is -4.49. The third kappa shape index (κ3) is 5.76. The van der Waals surface area contributed by atoms with Crippen molar-refractivity contribution in [3.05, 3.63) is 71.2 Å². The van der Waals surface area contributed by atoms with Gasteiger partial charge in [-0.15, -0.1) is 11.3 Å². The number of nitrogens with one attached hydrogen (secondary N) is 3. The van der Waals surface area contributed by atoms with Gasteiger partial charge in [-0.05, 0) is 47.8 Å². The monoisotopic (exact) mass is 509 g/mol. The molecule has 0 aliphatic heterocycles. The first kappa shape index (κ1) is 25.0. The number of aromatic nitrogens is 1. The fourth-order valence-electron chi connectivity index (χ4n) is 3.50. The predicted octanol–water partition coefficient (Wildman–Crippen LogP) is 6.17. The Balaban J connectivity index is 1.50. The minimum absolute atomic E-state index is 0.0380. The molecule has 0 aliphatic rings. The van der Waals surface area contributed by atoms with Crippen molar-refractivity contribution in [2.75, 3.05) is 29.5 Å². The van der Waals surface area contributed by atoms with E-state index in [0.29, 0.717) is 18.1 Å². The molecule has 0 aliphatic carbocycles. The van der Waals surface area contributed by atoms with E-state index in [4.69, 9.17) is 5.73 Å². The van der Waals surface area contributed by atoms with E-state index in [1.807, 2.05) is 24.4 Å². The summed E-state index contributed by atoms with van der Waals surface area (Å²) < 4.78 is 39.6. The molecule has 0 atom stereocenters. The number of nitrogens with two attached hydrogens (primary N) is 1. The van der Waals surface area contributed by atoms with Crippen LogP contribution < -0.4 is 21.7 Å². The fourth-order valence-corrected chi connectivity index (χ4v) is 4.55. The maximum Gasteiger partial charge on any atom is 0.416 e. The van der Waals surface area contributed by atoms with E-state index in [9.17, 15) is 18.0 Å². The lowest BCUT2D eigenvalue weighted by atomic mass is 10.0. The third-order valence-electron chi connectivity index (χ3n) is 5.21. The molecule has 2 amide bonds. The summed E-state index contributed by atoms with van der Waals surface area (Å²) in [5.74, 6) is 6.62. The molecular formula is C26H22F3N5OS. The van der Waals surface area contributed by atoms with Crippen molar-refractivity contribution in [1.29, 1.82) is 0 Å². The molecule has 0 saturated carbocycles. The molecule has 4 aromatic rings. The zero-order valence-electron chi connectivity index (χ0n) is 19.2. The number of alkyl halides is 3. The number of rotatable bonds is 5. The number of benzene rings is 2. The lowest BCUT2D eigenvalue weighted by Crippen LogP contribution is -2.19. The number of thiophene rings is 1. The summed E-state index contributed by atoms with van der Waals surface area (Å²) in [5, 5.41) is 11.0. The molecule has 0 spiro atoms. The van der Waals surface area contributed by atoms with Crippen LogP contribution in [-0.2, 0) is 6.18 Å². The highest BCUT2D eigenvalue weighted by Crippen LogP contribution is 2.38. The molecule has 0 fully saturated rings. The summed E-state index contributed by atoms with van der Waals surface area (Å²) in [7, 11) is 0. The highest BCUT2D eigenvalue weighted by Gasteiger charge is 2.30. The third-order valence-corrected chi connectivity index (χ3v) is 6.23. The van der Waals surface area contributed by atoms with Gasteiger partial charge in [-0.25, -0.2) is 9.78 Å². The van der Waals surface area contributed by atoms with Crippen LogP contribution >= 0.6 is 11.3 Å². The van der Waals surface area contributed by atoms with Crippen molar-refractivity contribution in [2.45, 2.75) is 13.1 Å². The Morgan fingerprint density at radius 3 is 2.58 bits per heavy atom. The Labute approximate surface area is 209 Å². The number of nitrogens with zero attached hydrogens (tertiary/aromatic N) is 1. The van der Waals surface area contributed by atoms with Crippen LogP contribution in [0.2, 0.25) is 0 Å². The van der Waals surface area contributed by atoms with E-state index in [2.05, 4.69) is 32.8 Å². The van der Waals surface area contributed by atoms with Gasteiger partial charge in [-0.3, -0.25) is 0 Å². The van der Waals surface area contributed by atoms with Gasteiger partial charge in [0.1, 0.15) is 5.82 Å². The van der Waals surface area contributed by atoms with Crippen molar-refractivity contribution in [1.82, 2.24) is 10.3 Å². The van der Waals surface area contributed by atoms with Crippen molar-refractivity contribution >= 4 is 44.6 Å². The summed E-state index contributed by atoms with van der Waals surface area (Å²) in [6.45, 7) is 3.43. The van der Waals surface area contributed by atoms with Gasteiger partial charge in [0.05, 0.1) is 22.4 Å². The zero-order chi connectivity index (χ0) is 25.7. The van der Waals surface area contributed by atoms with Crippen LogP contribution in [0.3, 0.4) is 0 Å². The Morgan fingerprint density at radius 2 is 1.86 bits per heavy atom. The predicted molar refractivity (Wildman–Crippen MR) is 139 cm³/mol. The summed E-state index contributed by atoms with van der Waals surface area (Å²) in [6.07, 6.45) is -2.82. The van der Waals surface area contributed by atoms with Gasteiger partial charge in [-0.1, -0.05) is 37.0 Å². The molecule has 4 rings (SSSR count). The second-order valence-electron chi connectivity index (χ2n) is 7.73. The van der Waals surface area contributed by atoms with Gasteiger partial charge in [0.25, 0.3) is 0 Å². The van der Waals surface area contributed by atoms with Crippen LogP contribution in [0.15, 0.2) is 60.1 Å². The van der Waals surface area contributed by atoms with Crippen LogP contribution in [0.5, 0.6) is 0 Å². The molecule has 5 N–H and O–H groups in total. The molecule has 2 aromatic carbocycles. The number of amides is 2. The Bertz CT molecular complexity index is 1450. The van der Waals surface area contributed by atoms with Gasteiger partial charge in [0.15, 0.2) is 0 Å². The highest BCUT2D eigenvalue weighted by molar-refractivity contribution is 7.18. The quantitative estimate of drug-likeness (QED) is 0.191. The van der Waals surface area contributed by atoms with Gasteiger partial charge in [0, 0.05) is 28.5 Å². The number of carbonyl (C=O) groups is 1. The topological polar surface area (TPSA) is 92.1 Å². The van der Waals surface area contributed by atoms with Gasteiger partial charge < -0.3 is 21.7 Å². The number of carbonyl (C=O) groups excluding carboxylic acids is 1. The van der Waals surface area contributed by atoms with Gasteiger partial charge in [-0.2, -0.15) is 13.2 Å². The molecule has 6 nitrogen and oxygen atoms in total. The number of halogens is 3. The first-order chi connectivity index (χ1) is 17.3. The minimum Gasteiger partial charge on any atom is -0.383 e. The van der Waals surface area contributed by atoms with E-state index in [1.54, 1.807) is 18.3 Å². The largest absolute Gasteiger partial charge is 0.416 e. The van der Waals surface area contributed by atoms with E-state index >= 15 is 0 Å². The molecule has 2 aromatic heterocycles. The number of urea groups is 1. The maximum absolute atomic E-state index is 12.9. The first-order valence-corrected chi connectivity index (χ1v) is 11.8. The molecule has 184 valence electrons. The van der Waals surface area contributed by atoms with Crippen molar-refractivity contribution < 1.29 is 18.0 Å². The molecule has 0 bridgehead atoms. The van der Waals surface area contributed by atoms with Crippen molar-refractivity contribution in [3.8, 4) is 23.0 Å².